The lowest BCUT2D eigenvalue weighted by Gasteiger charge is -2.16. The van der Waals surface area contributed by atoms with Crippen LogP contribution in [0.5, 0.6) is 0 Å². The van der Waals surface area contributed by atoms with Crippen LogP contribution < -0.4 is 5.32 Å². The maximum Gasteiger partial charge on any atom is 0.206 e. The fraction of sp³-hybridized carbons (Fsp3) is 0.562. The molecule has 2 heterocycles. The van der Waals surface area contributed by atoms with Crippen molar-refractivity contribution < 1.29 is 0 Å². The van der Waals surface area contributed by atoms with Crippen LogP contribution in [0, 0.1) is 12.8 Å². The molecule has 0 fully saturated rings. The van der Waals surface area contributed by atoms with Crippen molar-refractivity contribution in [3.8, 4) is 10.6 Å². The maximum absolute atomic E-state index is 4.79. The highest BCUT2D eigenvalue weighted by atomic mass is 32.1. The molecule has 5 heteroatoms. The van der Waals surface area contributed by atoms with E-state index in [1.54, 1.807) is 11.3 Å². The molecule has 0 radical (unpaired) electrons. The Hall–Kier alpha value is -1.49. The summed E-state index contributed by atoms with van der Waals surface area (Å²) in [7, 11) is 0. The number of nitrogens with zero attached hydrogens (tertiary/aromatic N) is 3. The van der Waals surface area contributed by atoms with Gasteiger partial charge in [-0.2, -0.15) is 0 Å². The van der Waals surface area contributed by atoms with E-state index in [1.165, 1.54) is 24.1 Å². The number of aryl methyl sites for hydroxylation is 3. The molecule has 0 aliphatic heterocycles. The third kappa shape index (κ3) is 3.23. The van der Waals surface area contributed by atoms with Crippen molar-refractivity contribution in [1.29, 1.82) is 0 Å². The summed E-state index contributed by atoms with van der Waals surface area (Å²) in [6.07, 6.45) is 4.80. The molecule has 112 valence electrons. The second kappa shape index (κ2) is 6.10. The lowest BCUT2D eigenvalue weighted by Crippen LogP contribution is -2.07. The quantitative estimate of drug-likeness (QED) is 0.932. The molecule has 3 rings (SSSR count). The van der Waals surface area contributed by atoms with Gasteiger partial charge in [-0.25, -0.2) is 0 Å². The number of aromatic nitrogens is 3. The summed E-state index contributed by atoms with van der Waals surface area (Å²) in [5.41, 5.74) is 4.90. The molecule has 1 N–H and O–H groups in total. The zero-order chi connectivity index (χ0) is 14.8. The first kappa shape index (κ1) is 14.4. The van der Waals surface area contributed by atoms with Crippen molar-refractivity contribution in [3.63, 3.8) is 0 Å². The third-order valence-corrected chi connectivity index (χ3v) is 4.72. The minimum absolute atomic E-state index is 0.601. The standard InChI is InChI=1S/C16H22N4S/c1-10(2)9-17-16-20-19-15(21-16)13-8-12-6-4-5-7-14(12)18-11(13)3/h8,10H,4-7,9H2,1-3H3,(H,17,20). The molecular weight excluding hydrogens is 280 g/mol. The summed E-state index contributed by atoms with van der Waals surface area (Å²) >= 11 is 1.62. The number of hydrogen-bond acceptors (Lipinski definition) is 5. The van der Waals surface area contributed by atoms with Crippen LogP contribution in [0.1, 0.15) is 43.6 Å². The molecule has 0 spiro atoms. The molecule has 21 heavy (non-hydrogen) atoms. The van der Waals surface area contributed by atoms with Gasteiger partial charge < -0.3 is 5.32 Å². The predicted octanol–water partition coefficient (Wildman–Crippen LogP) is 3.86. The molecule has 4 nitrogen and oxygen atoms in total. The number of hydrogen-bond donors (Lipinski definition) is 1. The first-order chi connectivity index (χ1) is 10.1. The van der Waals surface area contributed by atoms with Gasteiger partial charge in [-0.1, -0.05) is 25.2 Å². The summed E-state index contributed by atoms with van der Waals surface area (Å²) in [4.78, 5) is 4.79. The van der Waals surface area contributed by atoms with Crippen LogP contribution in [0.4, 0.5) is 5.13 Å². The molecule has 0 aromatic carbocycles. The van der Waals surface area contributed by atoms with Crippen LogP contribution in [0.25, 0.3) is 10.6 Å². The number of fused-ring (bicyclic) bond motifs is 1. The Morgan fingerprint density at radius 1 is 1.24 bits per heavy atom. The molecule has 0 atom stereocenters. The van der Waals surface area contributed by atoms with Gasteiger partial charge >= 0.3 is 0 Å². The fourth-order valence-electron chi connectivity index (χ4n) is 2.65. The number of anilines is 1. The molecule has 0 amide bonds. The topological polar surface area (TPSA) is 50.7 Å². The van der Waals surface area contributed by atoms with Gasteiger partial charge in [-0.05, 0) is 50.2 Å². The van der Waals surface area contributed by atoms with Crippen molar-refractivity contribution in [1.82, 2.24) is 15.2 Å². The van der Waals surface area contributed by atoms with E-state index in [0.29, 0.717) is 5.92 Å². The molecule has 0 saturated carbocycles. The maximum atomic E-state index is 4.79. The van der Waals surface area contributed by atoms with Crippen LogP contribution in [0.15, 0.2) is 6.07 Å². The Morgan fingerprint density at radius 3 is 2.86 bits per heavy atom. The zero-order valence-corrected chi connectivity index (χ0v) is 13.8. The molecule has 0 bridgehead atoms. The van der Waals surface area contributed by atoms with Gasteiger partial charge in [-0.3, -0.25) is 4.98 Å². The smallest absolute Gasteiger partial charge is 0.206 e. The van der Waals surface area contributed by atoms with Gasteiger partial charge in [0.15, 0.2) is 5.01 Å². The molecule has 2 aromatic rings. The van der Waals surface area contributed by atoms with Crippen molar-refractivity contribution in [2.24, 2.45) is 5.92 Å². The summed E-state index contributed by atoms with van der Waals surface area (Å²) in [6.45, 7) is 7.38. The van der Waals surface area contributed by atoms with Gasteiger partial charge in [0.2, 0.25) is 5.13 Å². The van der Waals surface area contributed by atoms with Crippen molar-refractivity contribution >= 4 is 16.5 Å². The van der Waals surface area contributed by atoms with E-state index in [1.807, 2.05) is 0 Å². The lowest BCUT2D eigenvalue weighted by molar-refractivity contribution is 0.666. The van der Waals surface area contributed by atoms with E-state index in [4.69, 9.17) is 4.98 Å². The average molecular weight is 302 g/mol. The van der Waals surface area contributed by atoms with Crippen molar-refractivity contribution in [2.75, 3.05) is 11.9 Å². The number of pyridine rings is 1. The van der Waals surface area contributed by atoms with Gasteiger partial charge in [0.05, 0.1) is 0 Å². The van der Waals surface area contributed by atoms with Gasteiger partial charge in [-0.15, -0.1) is 10.2 Å². The lowest BCUT2D eigenvalue weighted by atomic mass is 9.94. The molecule has 1 aliphatic carbocycles. The Balaban J connectivity index is 1.86. The van der Waals surface area contributed by atoms with E-state index < -0.39 is 0 Å². The average Bonchev–Trinajstić information content (AvgIpc) is 2.93. The molecule has 2 aromatic heterocycles. The van der Waals surface area contributed by atoms with Crippen LogP contribution in [-0.2, 0) is 12.8 Å². The van der Waals surface area contributed by atoms with Crippen molar-refractivity contribution in [3.05, 3.63) is 23.0 Å². The molecule has 0 unspecified atom stereocenters. The van der Waals surface area contributed by atoms with E-state index in [0.717, 1.165) is 40.8 Å². The summed E-state index contributed by atoms with van der Waals surface area (Å²) in [6, 6.07) is 2.28. The van der Waals surface area contributed by atoms with Crippen LogP contribution in [0.2, 0.25) is 0 Å². The predicted molar refractivity (Wildman–Crippen MR) is 87.8 cm³/mol. The second-order valence-corrected chi connectivity index (χ2v) is 7.10. The van der Waals surface area contributed by atoms with E-state index >= 15 is 0 Å². The van der Waals surface area contributed by atoms with E-state index in [9.17, 15) is 0 Å². The summed E-state index contributed by atoms with van der Waals surface area (Å²) < 4.78 is 0. The Bertz CT molecular complexity index is 633. The van der Waals surface area contributed by atoms with E-state index in [-0.39, 0.29) is 0 Å². The van der Waals surface area contributed by atoms with Crippen molar-refractivity contribution in [2.45, 2.75) is 46.5 Å². The van der Waals surface area contributed by atoms with Crippen LogP contribution >= 0.6 is 11.3 Å². The van der Waals surface area contributed by atoms with Gasteiger partial charge in [0.1, 0.15) is 0 Å². The zero-order valence-electron chi connectivity index (χ0n) is 12.9. The fourth-order valence-corrected chi connectivity index (χ4v) is 3.47. The monoisotopic (exact) mass is 302 g/mol. The van der Waals surface area contributed by atoms with Crippen LogP contribution in [0.3, 0.4) is 0 Å². The summed E-state index contributed by atoms with van der Waals surface area (Å²) in [5, 5.41) is 13.8. The molecule has 0 saturated heterocycles. The minimum atomic E-state index is 0.601. The SMILES string of the molecule is Cc1nc2c(cc1-c1nnc(NCC(C)C)s1)CCCC2. The third-order valence-electron chi connectivity index (χ3n) is 3.81. The molecular formula is C16H22N4S. The van der Waals surface area contributed by atoms with Gasteiger partial charge in [0.25, 0.3) is 0 Å². The minimum Gasteiger partial charge on any atom is -0.360 e. The highest BCUT2D eigenvalue weighted by molar-refractivity contribution is 7.18. The number of rotatable bonds is 4. The normalized spacial score (nSPS) is 14.3. The molecule has 1 aliphatic rings. The van der Waals surface area contributed by atoms with E-state index in [2.05, 4.69) is 42.4 Å². The highest BCUT2D eigenvalue weighted by Crippen LogP contribution is 2.31. The van der Waals surface area contributed by atoms with Crippen LogP contribution in [-0.4, -0.2) is 21.7 Å². The Kier molecular flexibility index (Phi) is 4.19. The summed E-state index contributed by atoms with van der Waals surface area (Å²) in [5.74, 6) is 0.601. The second-order valence-electron chi connectivity index (χ2n) is 6.12. The largest absolute Gasteiger partial charge is 0.360 e. The first-order valence-electron chi connectivity index (χ1n) is 7.70. The van der Waals surface area contributed by atoms with Gasteiger partial charge in [0, 0.05) is 23.5 Å². The first-order valence-corrected chi connectivity index (χ1v) is 8.52. The highest BCUT2D eigenvalue weighted by Gasteiger charge is 2.16. The Labute approximate surface area is 130 Å². The number of nitrogens with one attached hydrogen (secondary N) is 1. The Morgan fingerprint density at radius 2 is 2.05 bits per heavy atom.